The fraction of sp³-hybridized carbons (Fsp3) is 0.0833. The van der Waals surface area contributed by atoms with Gasteiger partial charge in [-0.05, 0) is 18.2 Å². The zero-order valence-corrected chi connectivity index (χ0v) is 9.66. The highest BCUT2D eigenvalue weighted by Crippen LogP contribution is 2.15. The lowest BCUT2D eigenvalue weighted by molar-refractivity contribution is 0.467. The molecule has 0 amide bonds. The van der Waals surface area contributed by atoms with E-state index in [1.54, 1.807) is 12.1 Å². The van der Waals surface area contributed by atoms with Crippen LogP contribution < -0.4 is 10.7 Å². The van der Waals surface area contributed by atoms with E-state index in [0.717, 1.165) is 5.69 Å². The van der Waals surface area contributed by atoms with Crippen molar-refractivity contribution in [1.29, 1.82) is 0 Å². The van der Waals surface area contributed by atoms with Crippen LogP contribution in [0.2, 0.25) is 5.02 Å². The third-order valence-electron chi connectivity index (χ3n) is 2.26. The van der Waals surface area contributed by atoms with Crippen LogP contribution in [-0.2, 0) is 6.54 Å². The van der Waals surface area contributed by atoms with Gasteiger partial charge in [0.15, 0.2) is 5.75 Å². The van der Waals surface area contributed by atoms with Crippen molar-refractivity contribution in [3.63, 3.8) is 0 Å². The van der Waals surface area contributed by atoms with E-state index in [1.165, 1.54) is 12.3 Å². The van der Waals surface area contributed by atoms with Gasteiger partial charge in [0.25, 0.3) is 0 Å². The maximum atomic E-state index is 11.2. The van der Waals surface area contributed by atoms with Gasteiger partial charge in [-0.15, -0.1) is 0 Å². The molecule has 0 saturated carbocycles. The lowest BCUT2D eigenvalue weighted by atomic mass is 10.3. The number of aromatic nitrogens is 1. The van der Waals surface area contributed by atoms with Crippen molar-refractivity contribution in [2.24, 2.45) is 0 Å². The molecule has 0 aliphatic rings. The number of halogens is 1. The number of pyridine rings is 1. The summed E-state index contributed by atoms with van der Waals surface area (Å²) in [5.41, 5.74) is 1.16. The molecule has 0 bridgehead atoms. The van der Waals surface area contributed by atoms with Gasteiger partial charge in [-0.1, -0.05) is 17.7 Å². The number of benzene rings is 1. The Morgan fingerprint density at radius 1 is 1.35 bits per heavy atom. The van der Waals surface area contributed by atoms with E-state index in [9.17, 15) is 4.79 Å². The summed E-state index contributed by atoms with van der Waals surface area (Å²) in [6.45, 7) is 0.454. The number of anilines is 1. The molecule has 0 spiro atoms. The van der Waals surface area contributed by atoms with Crippen LogP contribution in [0, 0.1) is 0 Å². The van der Waals surface area contributed by atoms with Crippen LogP contribution in [-0.4, -0.2) is 10.1 Å². The molecule has 1 aromatic carbocycles. The molecule has 1 heterocycles. The third-order valence-corrected chi connectivity index (χ3v) is 2.49. The summed E-state index contributed by atoms with van der Waals surface area (Å²) < 4.78 is 0. The maximum Gasteiger partial charge on any atom is 0.223 e. The lowest BCUT2D eigenvalue weighted by Crippen LogP contribution is -2.07. The zero-order chi connectivity index (χ0) is 12.3. The van der Waals surface area contributed by atoms with Gasteiger partial charge in [-0.25, -0.2) is 0 Å². The minimum absolute atomic E-state index is 0.281. The second-order valence-electron chi connectivity index (χ2n) is 3.57. The van der Waals surface area contributed by atoms with Crippen LogP contribution in [0.15, 0.2) is 41.3 Å². The smallest absolute Gasteiger partial charge is 0.223 e. The van der Waals surface area contributed by atoms with Gasteiger partial charge in [0, 0.05) is 28.7 Å². The highest BCUT2D eigenvalue weighted by atomic mass is 35.5. The minimum Gasteiger partial charge on any atom is -0.503 e. The molecular formula is C12H11ClN2O2. The fourth-order valence-electron chi connectivity index (χ4n) is 1.40. The number of nitrogens with one attached hydrogen (secondary N) is 2. The topological polar surface area (TPSA) is 65.1 Å². The zero-order valence-electron chi connectivity index (χ0n) is 8.90. The average Bonchev–Trinajstić information content (AvgIpc) is 2.31. The molecule has 0 atom stereocenters. The second kappa shape index (κ2) is 4.93. The second-order valence-corrected chi connectivity index (χ2v) is 4.01. The first kappa shape index (κ1) is 11.5. The molecule has 0 unspecified atom stereocenters. The number of aromatic hydroxyl groups is 1. The van der Waals surface area contributed by atoms with E-state index in [-0.39, 0.29) is 5.75 Å². The number of hydrogen-bond acceptors (Lipinski definition) is 3. The molecule has 2 rings (SSSR count). The van der Waals surface area contributed by atoms with Crippen LogP contribution in [0.5, 0.6) is 5.75 Å². The van der Waals surface area contributed by atoms with Crippen LogP contribution in [0.3, 0.4) is 0 Å². The van der Waals surface area contributed by atoms with E-state index in [1.807, 2.05) is 12.1 Å². The summed E-state index contributed by atoms with van der Waals surface area (Å²) in [5.74, 6) is -0.281. The van der Waals surface area contributed by atoms with Gasteiger partial charge in [-0.2, -0.15) is 0 Å². The van der Waals surface area contributed by atoms with Crippen molar-refractivity contribution in [2.45, 2.75) is 6.54 Å². The standard InChI is InChI=1S/C12H11ClN2O2/c13-8-2-1-3-9(4-8)14-6-10-5-11(16)12(17)7-15-10/h1-5,7,14,17H,6H2,(H,15,16). The molecule has 0 aliphatic carbocycles. The van der Waals surface area contributed by atoms with Crippen LogP contribution >= 0.6 is 11.6 Å². The Labute approximate surface area is 103 Å². The molecule has 3 N–H and O–H groups in total. The van der Waals surface area contributed by atoms with E-state index in [2.05, 4.69) is 10.3 Å². The Bertz CT molecular complexity index is 581. The monoisotopic (exact) mass is 250 g/mol. The first-order valence-electron chi connectivity index (χ1n) is 5.05. The summed E-state index contributed by atoms with van der Waals surface area (Å²) in [6.07, 6.45) is 1.28. The van der Waals surface area contributed by atoms with Crippen LogP contribution in [0.1, 0.15) is 5.69 Å². The van der Waals surface area contributed by atoms with Crippen molar-refractivity contribution in [3.8, 4) is 5.75 Å². The molecule has 4 nitrogen and oxygen atoms in total. The number of rotatable bonds is 3. The summed E-state index contributed by atoms with van der Waals surface area (Å²) in [7, 11) is 0. The van der Waals surface area contributed by atoms with Crippen molar-refractivity contribution in [2.75, 3.05) is 5.32 Å². The Morgan fingerprint density at radius 3 is 2.88 bits per heavy atom. The molecule has 17 heavy (non-hydrogen) atoms. The van der Waals surface area contributed by atoms with E-state index in [4.69, 9.17) is 16.7 Å². The summed E-state index contributed by atoms with van der Waals surface area (Å²) in [5, 5.41) is 12.8. The Morgan fingerprint density at radius 2 is 2.18 bits per heavy atom. The van der Waals surface area contributed by atoms with E-state index >= 15 is 0 Å². The quantitative estimate of drug-likeness (QED) is 0.783. The molecule has 88 valence electrons. The minimum atomic E-state index is -0.397. The van der Waals surface area contributed by atoms with Gasteiger partial charge in [-0.3, -0.25) is 4.79 Å². The predicted molar refractivity (Wildman–Crippen MR) is 67.5 cm³/mol. The Balaban J connectivity index is 2.07. The Hall–Kier alpha value is -1.94. The normalized spacial score (nSPS) is 10.2. The number of H-pyrrole nitrogens is 1. The summed E-state index contributed by atoms with van der Waals surface area (Å²) in [4.78, 5) is 14.0. The first-order valence-corrected chi connectivity index (χ1v) is 5.43. The molecular weight excluding hydrogens is 240 g/mol. The average molecular weight is 251 g/mol. The van der Waals surface area contributed by atoms with Crippen LogP contribution in [0.25, 0.3) is 0 Å². The van der Waals surface area contributed by atoms with Crippen molar-refractivity contribution >= 4 is 17.3 Å². The highest BCUT2D eigenvalue weighted by molar-refractivity contribution is 6.30. The summed E-state index contributed by atoms with van der Waals surface area (Å²) >= 11 is 5.84. The van der Waals surface area contributed by atoms with Crippen molar-refractivity contribution < 1.29 is 5.11 Å². The molecule has 1 aromatic heterocycles. The number of aromatic amines is 1. The molecule has 5 heteroatoms. The number of hydrogen-bond donors (Lipinski definition) is 3. The van der Waals surface area contributed by atoms with Gasteiger partial charge >= 0.3 is 0 Å². The SMILES string of the molecule is O=c1cc(CNc2cccc(Cl)c2)[nH]cc1O. The highest BCUT2D eigenvalue weighted by Gasteiger charge is 1.99. The van der Waals surface area contributed by atoms with Crippen LogP contribution in [0.4, 0.5) is 5.69 Å². The van der Waals surface area contributed by atoms with Gasteiger partial charge in [0.05, 0.1) is 6.54 Å². The molecule has 0 radical (unpaired) electrons. The molecule has 2 aromatic rings. The third kappa shape index (κ3) is 3.01. The van der Waals surface area contributed by atoms with Gasteiger partial charge < -0.3 is 15.4 Å². The van der Waals surface area contributed by atoms with Crippen molar-refractivity contribution in [3.05, 3.63) is 57.5 Å². The van der Waals surface area contributed by atoms with Gasteiger partial charge in [0.2, 0.25) is 5.43 Å². The van der Waals surface area contributed by atoms with Crippen molar-refractivity contribution in [1.82, 2.24) is 4.98 Å². The molecule has 0 fully saturated rings. The molecule has 0 saturated heterocycles. The van der Waals surface area contributed by atoms with Gasteiger partial charge in [0.1, 0.15) is 0 Å². The fourth-order valence-corrected chi connectivity index (χ4v) is 1.59. The Kier molecular flexibility index (Phi) is 3.35. The van der Waals surface area contributed by atoms with E-state index < -0.39 is 5.43 Å². The predicted octanol–water partition coefficient (Wildman–Crippen LogP) is 2.35. The molecule has 0 aliphatic heterocycles. The summed E-state index contributed by atoms with van der Waals surface area (Å²) in [6, 6.07) is 8.65. The largest absolute Gasteiger partial charge is 0.503 e. The lowest BCUT2D eigenvalue weighted by Gasteiger charge is -2.06. The maximum absolute atomic E-state index is 11.2. The van der Waals surface area contributed by atoms with E-state index in [0.29, 0.717) is 17.3 Å². The first-order chi connectivity index (χ1) is 8.15.